The number of hydrogen-bond acceptors (Lipinski definition) is 7. The van der Waals surface area contributed by atoms with Gasteiger partial charge < -0.3 is 28.8 Å². The second-order valence-electron chi connectivity index (χ2n) is 5.75. The molecular formula is C18H16O7. The normalized spacial score (nSPS) is 17.7. The number of phenolic OH excluding ortho intramolecular Hbond substituents is 1. The largest absolute Gasteiger partial charge is 0.502 e. The van der Waals surface area contributed by atoms with Gasteiger partial charge in [0.25, 0.3) is 0 Å². The van der Waals surface area contributed by atoms with Gasteiger partial charge in [0.1, 0.15) is 5.75 Å². The number of rotatable bonds is 3. The first-order valence-electron chi connectivity index (χ1n) is 7.69. The monoisotopic (exact) mass is 344 g/mol. The molecule has 1 atom stereocenters. The molecule has 0 bridgehead atoms. The number of benzene rings is 2. The van der Waals surface area contributed by atoms with Crippen LogP contribution in [0.5, 0.6) is 34.5 Å². The maximum atomic E-state index is 12.1. The Labute approximate surface area is 143 Å². The summed E-state index contributed by atoms with van der Waals surface area (Å²) in [5.74, 6) is 1.43. The van der Waals surface area contributed by atoms with Crippen LogP contribution in [-0.4, -0.2) is 32.1 Å². The molecule has 4 rings (SSSR count). The molecule has 0 saturated heterocycles. The highest BCUT2D eigenvalue weighted by Crippen LogP contribution is 2.48. The summed E-state index contributed by atoms with van der Waals surface area (Å²) in [6, 6.07) is 6.86. The zero-order valence-electron chi connectivity index (χ0n) is 13.7. The van der Waals surface area contributed by atoms with E-state index in [0.29, 0.717) is 17.2 Å². The van der Waals surface area contributed by atoms with E-state index < -0.39 is 0 Å². The van der Waals surface area contributed by atoms with Gasteiger partial charge in [-0.1, -0.05) is 0 Å². The molecule has 2 aromatic rings. The second-order valence-corrected chi connectivity index (χ2v) is 5.75. The first kappa shape index (κ1) is 15.4. The number of ether oxygens (including phenoxy) is 5. The van der Waals surface area contributed by atoms with E-state index in [9.17, 15) is 9.90 Å². The van der Waals surface area contributed by atoms with Gasteiger partial charge in [-0.05, 0) is 23.8 Å². The minimum Gasteiger partial charge on any atom is -0.502 e. The first-order valence-corrected chi connectivity index (χ1v) is 7.69. The number of methoxy groups -OCH3 is 2. The fourth-order valence-corrected chi connectivity index (χ4v) is 3.15. The van der Waals surface area contributed by atoms with Crippen molar-refractivity contribution in [2.24, 2.45) is 0 Å². The number of hydrogen-bond donors (Lipinski definition) is 1. The lowest BCUT2D eigenvalue weighted by Gasteiger charge is -2.26. The lowest BCUT2D eigenvalue weighted by Crippen LogP contribution is -2.21. The Morgan fingerprint density at radius 3 is 2.28 bits per heavy atom. The Morgan fingerprint density at radius 2 is 1.64 bits per heavy atom. The molecule has 2 aliphatic rings. The molecule has 0 spiro atoms. The Hall–Kier alpha value is -3.09. The molecule has 130 valence electrons. The Bertz CT molecular complexity index is 834. The van der Waals surface area contributed by atoms with Crippen LogP contribution in [0.25, 0.3) is 0 Å². The van der Waals surface area contributed by atoms with Gasteiger partial charge >= 0.3 is 5.97 Å². The van der Waals surface area contributed by atoms with Crippen molar-refractivity contribution in [2.45, 2.75) is 12.3 Å². The van der Waals surface area contributed by atoms with Crippen LogP contribution in [-0.2, 0) is 4.79 Å². The lowest BCUT2D eigenvalue weighted by atomic mass is 9.86. The summed E-state index contributed by atoms with van der Waals surface area (Å²) in [6.45, 7) is 0.137. The number of fused-ring (bicyclic) bond motifs is 2. The van der Waals surface area contributed by atoms with Gasteiger partial charge in [0.05, 0.1) is 20.6 Å². The molecule has 0 radical (unpaired) electrons. The average molecular weight is 344 g/mol. The fraction of sp³-hybridized carbons (Fsp3) is 0.278. The van der Waals surface area contributed by atoms with Gasteiger partial charge in [0.15, 0.2) is 23.0 Å². The van der Waals surface area contributed by atoms with Crippen LogP contribution in [0.2, 0.25) is 0 Å². The van der Waals surface area contributed by atoms with E-state index >= 15 is 0 Å². The van der Waals surface area contributed by atoms with E-state index in [0.717, 1.165) is 11.1 Å². The van der Waals surface area contributed by atoms with Crippen LogP contribution >= 0.6 is 0 Å². The second kappa shape index (κ2) is 5.77. The van der Waals surface area contributed by atoms with E-state index in [1.807, 2.05) is 6.07 Å². The minimum absolute atomic E-state index is 0.0851. The van der Waals surface area contributed by atoms with Crippen molar-refractivity contribution >= 4 is 5.97 Å². The maximum Gasteiger partial charge on any atom is 0.312 e. The third-order valence-electron chi connectivity index (χ3n) is 4.38. The molecule has 2 aromatic carbocycles. The first-order chi connectivity index (χ1) is 12.1. The Kier molecular flexibility index (Phi) is 3.56. The van der Waals surface area contributed by atoms with Crippen molar-refractivity contribution in [1.29, 1.82) is 0 Å². The molecule has 2 aliphatic heterocycles. The number of phenols is 1. The van der Waals surface area contributed by atoms with E-state index in [2.05, 4.69) is 0 Å². The topological polar surface area (TPSA) is 83.5 Å². The van der Waals surface area contributed by atoms with Crippen molar-refractivity contribution < 1.29 is 33.6 Å². The number of carbonyl (C=O) groups excluding carboxylic acids is 1. The van der Waals surface area contributed by atoms with Gasteiger partial charge in [0.2, 0.25) is 12.5 Å². The van der Waals surface area contributed by atoms with Crippen LogP contribution in [0.1, 0.15) is 23.5 Å². The highest BCUT2D eigenvalue weighted by atomic mass is 16.7. The quantitative estimate of drug-likeness (QED) is 0.677. The SMILES string of the molecule is COc1cc([C@H]2CC(=O)Oc3cc4c(cc32)OCO4)cc(OC)c1O. The van der Waals surface area contributed by atoms with Crippen molar-refractivity contribution in [3.05, 3.63) is 35.4 Å². The predicted molar refractivity (Wildman–Crippen MR) is 85.9 cm³/mol. The molecule has 2 heterocycles. The van der Waals surface area contributed by atoms with Gasteiger partial charge in [-0.3, -0.25) is 4.79 Å². The third-order valence-corrected chi connectivity index (χ3v) is 4.38. The predicted octanol–water partition coefficient (Wildman–Crippen LogP) is 2.58. The van der Waals surface area contributed by atoms with Gasteiger partial charge in [-0.15, -0.1) is 0 Å². The van der Waals surface area contributed by atoms with Crippen molar-refractivity contribution in [1.82, 2.24) is 0 Å². The van der Waals surface area contributed by atoms with E-state index in [1.54, 1.807) is 18.2 Å². The molecule has 0 fully saturated rings. The smallest absolute Gasteiger partial charge is 0.312 e. The van der Waals surface area contributed by atoms with Crippen LogP contribution in [0.3, 0.4) is 0 Å². The number of esters is 1. The molecule has 1 N–H and O–H groups in total. The molecule has 0 aliphatic carbocycles. The Balaban J connectivity index is 1.86. The van der Waals surface area contributed by atoms with Crippen molar-refractivity contribution in [3.63, 3.8) is 0 Å². The van der Waals surface area contributed by atoms with Crippen LogP contribution in [0.15, 0.2) is 24.3 Å². The van der Waals surface area contributed by atoms with E-state index in [-0.39, 0.29) is 42.3 Å². The molecule has 7 nitrogen and oxygen atoms in total. The van der Waals surface area contributed by atoms with Crippen LogP contribution in [0, 0.1) is 0 Å². The third kappa shape index (κ3) is 2.48. The molecule has 7 heteroatoms. The lowest BCUT2D eigenvalue weighted by molar-refractivity contribution is -0.135. The fourth-order valence-electron chi connectivity index (χ4n) is 3.15. The molecular weight excluding hydrogens is 328 g/mol. The summed E-state index contributed by atoms with van der Waals surface area (Å²) in [5.41, 5.74) is 1.57. The van der Waals surface area contributed by atoms with Crippen molar-refractivity contribution in [2.75, 3.05) is 21.0 Å². The highest BCUT2D eigenvalue weighted by Gasteiger charge is 2.32. The maximum absolute atomic E-state index is 12.1. The molecule has 25 heavy (non-hydrogen) atoms. The molecule has 0 unspecified atom stereocenters. The average Bonchev–Trinajstić information content (AvgIpc) is 3.06. The molecule has 0 aromatic heterocycles. The van der Waals surface area contributed by atoms with Crippen molar-refractivity contribution in [3.8, 4) is 34.5 Å². The van der Waals surface area contributed by atoms with Crippen LogP contribution in [0.4, 0.5) is 0 Å². The Morgan fingerprint density at radius 1 is 1.00 bits per heavy atom. The summed E-state index contributed by atoms with van der Waals surface area (Å²) in [7, 11) is 2.92. The minimum atomic E-state index is -0.345. The zero-order chi connectivity index (χ0) is 17.6. The summed E-state index contributed by atoms with van der Waals surface area (Å²) in [5, 5.41) is 10.1. The summed E-state index contributed by atoms with van der Waals surface area (Å²) in [4.78, 5) is 12.1. The number of aromatic hydroxyl groups is 1. The van der Waals surface area contributed by atoms with Crippen LogP contribution < -0.4 is 23.7 Å². The zero-order valence-corrected chi connectivity index (χ0v) is 13.7. The molecule has 0 amide bonds. The summed E-state index contributed by atoms with van der Waals surface area (Å²) >= 11 is 0. The summed E-state index contributed by atoms with van der Waals surface area (Å²) < 4.78 is 26.6. The molecule has 0 saturated carbocycles. The van der Waals surface area contributed by atoms with Gasteiger partial charge in [-0.2, -0.15) is 0 Å². The summed E-state index contributed by atoms with van der Waals surface area (Å²) in [6.07, 6.45) is 0.156. The van der Waals surface area contributed by atoms with E-state index in [4.69, 9.17) is 23.7 Å². The highest BCUT2D eigenvalue weighted by molar-refractivity contribution is 5.79. The number of carbonyl (C=O) groups is 1. The van der Waals surface area contributed by atoms with Gasteiger partial charge in [-0.25, -0.2) is 0 Å². The standard InChI is InChI=1S/C18H16O7/c1-21-15-3-9(4-16(22-2)18(15)20)10-6-17(19)25-12-7-14-13(5-11(10)12)23-8-24-14/h3-5,7,10,20H,6,8H2,1-2H3/t10-/m1/s1. The van der Waals surface area contributed by atoms with E-state index in [1.165, 1.54) is 14.2 Å². The van der Waals surface area contributed by atoms with Gasteiger partial charge in [0, 0.05) is 17.5 Å².